The lowest BCUT2D eigenvalue weighted by Gasteiger charge is -2.25. The van der Waals surface area contributed by atoms with Gasteiger partial charge in [0, 0.05) is 25.7 Å². The first-order valence-corrected chi connectivity index (χ1v) is 7.12. The van der Waals surface area contributed by atoms with E-state index in [1.54, 1.807) is 0 Å². The number of piperazine rings is 1. The third-order valence-corrected chi connectivity index (χ3v) is 3.55. The van der Waals surface area contributed by atoms with Crippen molar-refractivity contribution in [3.05, 3.63) is 65.7 Å². The molecule has 0 unspecified atom stereocenters. The van der Waals surface area contributed by atoms with E-state index >= 15 is 0 Å². The maximum absolute atomic E-state index is 5.88. The molecule has 0 saturated carbocycles. The predicted octanol–water partition coefficient (Wildman–Crippen LogP) is 2.50. The molecule has 0 bridgehead atoms. The minimum Gasteiger partial charge on any atom is -0.489 e. The molecule has 3 heteroatoms. The molecule has 0 radical (unpaired) electrons. The van der Waals surface area contributed by atoms with Gasteiger partial charge in [0.2, 0.25) is 0 Å². The Morgan fingerprint density at radius 1 is 1.00 bits per heavy atom. The normalized spacial score (nSPS) is 18.7. The molecular weight excluding hydrogens is 248 g/mol. The molecule has 2 N–H and O–H groups in total. The van der Waals surface area contributed by atoms with Crippen molar-refractivity contribution in [2.24, 2.45) is 0 Å². The monoisotopic (exact) mass is 268 g/mol. The first-order chi connectivity index (χ1) is 9.92. The Morgan fingerprint density at radius 2 is 1.90 bits per heavy atom. The van der Waals surface area contributed by atoms with Crippen LogP contribution in [0.5, 0.6) is 5.75 Å². The zero-order chi connectivity index (χ0) is 13.6. The van der Waals surface area contributed by atoms with E-state index < -0.39 is 0 Å². The molecule has 1 fully saturated rings. The maximum atomic E-state index is 5.88. The van der Waals surface area contributed by atoms with Crippen LogP contribution in [-0.2, 0) is 6.61 Å². The molecule has 1 heterocycles. The molecule has 1 aliphatic rings. The Balaban J connectivity index is 1.65. The lowest BCUT2D eigenvalue weighted by atomic mass is 10.1. The van der Waals surface area contributed by atoms with Crippen LogP contribution in [0.2, 0.25) is 0 Å². The Morgan fingerprint density at radius 3 is 2.70 bits per heavy atom. The van der Waals surface area contributed by atoms with E-state index in [9.17, 15) is 0 Å². The molecule has 1 atom stereocenters. The number of hydrogen-bond acceptors (Lipinski definition) is 3. The van der Waals surface area contributed by atoms with Gasteiger partial charge in [-0.05, 0) is 23.3 Å². The third-order valence-electron chi connectivity index (χ3n) is 3.55. The Labute approximate surface area is 120 Å². The van der Waals surface area contributed by atoms with Gasteiger partial charge in [-0.25, -0.2) is 0 Å². The first kappa shape index (κ1) is 13.2. The van der Waals surface area contributed by atoms with Gasteiger partial charge in [0.05, 0.1) is 0 Å². The molecular formula is C17H20N2O. The van der Waals surface area contributed by atoms with Crippen molar-refractivity contribution in [3.63, 3.8) is 0 Å². The van der Waals surface area contributed by atoms with Crippen molar-refractivity contribution in [2.45, 2.75) is 12.6 Å². The van der Waals surface area contributed by atoms with Crippen molar-refractivity contribution in [1.29, 1.82) is 0 Å². The van der Waals surface area contributed by atoms with Crippen molar-refractivity contribution in [1.82, 2.24) is 10.6 Å². The van der Waals surface area contributed by atoms with Crippen LogP contribution in [0.4, 0.5) is 0 Å². The quantitative estimate of drug-likeness (QED) is 0.894. The van der Waals surface area contributed by atoms with Gasteiger partial charge in [-0.15, -0.1) is 0 Å². The second kappa shape index (κ2) is 6.55. The largest absolute Gasteiger partial charge is 0.489 e. The lowest BCUT2D eigenvalue weighted by molar-refractivity contribution is 0.305. The topological polar surface area (TPSA) is 33.3 Å². The van der Waals surface area contributed by atoms with Crippen LogP contribution in [-0.4, -0.2) is 19.6 Å². The van der Waals surface area contributed by atoms with E-state index in [4.69, 9.17) is 4.74 Å². The third kappa shape index (κ3) is 3.38. The number of hydrogen-bond donors (Lipinski definition) is 2. The Kier molecular flexibility index (Phi) is 4.31. The Hall–Kier alpha value is -1.84. The second-order valence-corrected chi connectivity index (χ2v) is 5.06. The average Bonchev–Trinajstić information content (AvgIpc) is 2.55. The summed E-state index contributed by atoms with van der Waals surface area (Å²) in [6.07, 6.45) is 0. The zero-order valence-corrected chi connectivity index (χ0v) is 11.5. The predicted molar refractivity (Wildman–Crippen MR) is 80.8 cm³/mol. The zero-order valence-electron chi connectivity index (χ0n) is 11.5. The molecule has 3 rings (SSSR count). The fraction of sp³-hybridized carbons (Fsp3) is 0.294. The second-order valence-electron chi connectivity index (χ2n) is 5.06. The summed E-state index contributed by atoms with van der Waals surface area (Å²) in [7, 11) is 0. The standard InChI is InChI=1S/C17H20N2O/c1-2-5-14(6-3-1)13-20-16-8-4-7-15(11-16)17-12-18-9-10-19-17/h1-8,11,17-19H,9-10,12-13H2/t17-/m0/s1. The summed E-state index contributed by atoms with van der Waals surface area (Å²) >= 11 is 0. The van der Waals surface area contributed by atoms with Gasteiger partial charge in [-0.3, -0.25) is 0 Å². The average molecular weight is 268 g/mol. The van der Waals surface area contributed by atoms with Crippen LogP contribution in [0.1, 0.15) is 17.2 Å². The van der Waals surface area contributed by atoms with E-state index in [0.29, 0.717) is 12.6 Å². The van der Waals surface area contributed by atoms with Crippen LogP contribution < -0.4 is 15.4 Å². The van der Waals surface area contributed by atoms with E-state index in [1.807, 2.05) is 24.3 Å². The van der Waals surface area contributed by atoms with E-state index in [0.717, 1.165) is 25.4 Å². The molecule has 1 aliphatic heterocycles. The summed E-state index contributed by atoms with van der Waals surface area (Å²) in [5.74, 6) is 0.929. The van der Waals surface area contributed by atoms with E-state index in [-0.39, 0.29) is 0 Å². The highest BCUT2D eigenvalue weighted by molar-refractivity contribution is 5.31. The fourth-order valence-electron chi connectivity index (χ4n) is 2.45. The highest BCUT2D eigenvalue weighted by Crippen LogP contribution is 2.20. The van der Waals surface area contributed by atoms with Gasteiger partial charge in [0.15, 0.2) is 0 Å². The highest BCUT2D eigenvalue weighted by Gasteiger charge is 2.14. The summed E-state index contributed by atoms with van der Waals surface area (Å²) in [5, 5.41) is 6.93. The van der Waals surface area contributed by atoms with Crippen LogP contribution in [0, 0.1) is 0 Å². The van der Waals surface area contributed by atoms with E-state index in [1.165, 1.54) is 11.1 Å². The number of benzene rings is 2. The summed E-state index contributed by atoms with van der Waals surface area (Å²) in [4.78, 5) is 0. The molecule has 2 aromatic carbocycles. The smallest absolute Gasteiger partial charge is 0.120 e. The number of rotatable bonds is 4. The maximum Gasteiger partial charge on any atom is 0.120 e. The van der Waals surface area contributed by atoms with Crippen LogP contribution in [0.3, 0.4) is 0 Å². The van der Waals surface area contributed by atoms with Crippen molar-refractivity contribution in [3.8, 4) is 5.75 Å². The molecule has 2 aromatic rings. The molecule has 3 nitrogen and oxygen atoms in total. The molecule has 1 saturated heterocycles. The van der Waals surface area contributed by atoms with E-state index in [2.05, 4.69) is 41.0 Å². The summed E-state index contributed by atoms with van der Waals surface area (Å²) < 4.78 is 5.88. The highest BCUT2D eigenvalue weighted by atomic mass is 16.5. The number of nitrogens with one attached hydrogen (secondary N) is 2. The van der Waals surface area contributed by atoms with Gasteiger partial charge in [-0.2, -0.15) is 0 Å². The minimum atomic E-state index is 0.379. The minimum absolute atomic E-state index is 0.379. The van der Waals surface area contributed by atoms with Gasteiger partial charge in [-0.1, -0.05) is 42.5 Å². The van der Waals surface area contributed by atoms with Crippen molar-refractivity contribution >= 4 is 0 Å². The van der Waals surface area contributed by atoms with Crippen LogP contribution in [0.15, 0.2) is 54.6 Å². The molecule has 0 aliphatic carbocycles. The Bertz CT molecular complexity index is 536. The number of ether oxygens (including phenoxy) is 1. The van der Waals surface area contributed by atoms with Crippen LogP contribution >= 0.6 is 0 Å². The van der Waals surface area contributed by atoms with Gasteiger partial charge in [0.25, 0.3) is 0 Å². The first-order valence-electron chi connectivity index (χ1n) is 7.12. The molecule has 0 amide bonds. The fourth-order valence-corrected chi connectivity index (χ4v) is 2.45. The molecule has 20 heavy (non-hydrogen) atoms. The lowest BCUT2D eigenvalue weighted by Crippen LogP contribution is -2.42. The molecule has 104 valence electrons. The van der Waals surface area contributed by atoms with Gasteiger partial charge in [0.1, 0.15) is 12.4 Å². The molecule has 0 aromatic heterocycles. The van der Waals surface area contributed by atoms with Crippen LogP contribution in [0.25, 0.3) is 0 Å². The van der Waals surface area contributed by atoms with Crippen molar-refractivity contribution in [2.75, 3.05) is 19.6 Å². The van der Waals surface area contributed by atoms with Gasteiger partial charge < -0.3 is 15.4 Å². The summed E-state index contributed by atoms with van der Waals surface area (Å²) in [5.41, 5.74) is 2.47. The van der Waals surface area contributed by atoms with Crippen molar-refractivity contribution < 1.29 is 4.74 Å². The molecule has 0 spiro atoms. The van der Waals surface area contributed by atoms with Gasteiger partial charge >= 0.3 is 0 Å². The SMILES string of the molecule is c1ccc(COc2cccc([C@@H]3CNCCN3)c2)cc1. The summed E-state index contributed by atoms with van der Waals surface area (Å²) in [6, 6.07) is 19.0. The summed E-state index contributed by atoms with van der Waals surface area (Å²) in [6.45, 7) is 3.64.